The number of benzene rings is 1. The van der Waals surface area contributed by atoms with Crippen molar-refractivity contribution in [2.75, 3.05) is 25.4 Å². The molecule has 1 aliphatic heterocycles. The summed E-state index contributed by atoms with van der Waals surface area (Å²) in [5, 5.41) is -0.522. The van der Waals surface area contributed by atoms with E-state index in [1.807, 2.05) is 13.8 Å². The van der Waals surface area contributed by atoms with Crippen LogP contribution in [0.25, 0.3) is 0 Å². The summed E-state index contributed by atoms with van der Waals surface area (Å²) in [6.07, 6.45) is 1.22. The highest BCUT2D eigenvalue weighted by Crippen LogP contribution is 2.20. The number of rotatable bonds is 6. The Kier molecular flexibility index (Phi) is 6.21. The highest BCUT2D eigenvalue weighted by molar-refractivity contribution is 7.92. The standard InChI is InChI=1S/C17H24FNO4S/c1-13(2)12-24(21,22)14-6-5-9-19(10-14)17(20)11-23-16-8-4-3-7-15(16)18/h3-4,7-8,13-14H,5-6,9-12H2,1-2H3/t14-/m1/s1. The Labute approximate surface area is 142 Å². The lowest BCUT2D eigenvalue weighted by Gasteiger charge is -2.32. The fourth-order valence-electron chi connectivity index (χ4n) is 2.85. The van der Waals surface area contributed by atoms with Crippen molar-refractivity contribution >= 4 is 15.7 Å². The topological polar surface area (TPSA) is 63.7 Å². The largest absolute Gasteiger partial charge is 0.481 e. The molecule has 2 rings (SSSR count). The minimum Gasteiger partial charge on any atom is -0.481 e. The van der Waals surface area contributed by atoms with E-state index in [1.165, 1.54) is 17.0 Å². The van der Waals surface area contributed by atoms with E-state index in [2.05, 4.69) is 0 Å². The first-order valence-corrected chi connectivity index (χ1v) is 9.88. The summed E-state index contributed by atoms with van der Waals surface area (Å²) in [5.41, 5.74) is 0. The molecule has 0 unspecified atom stereocenters. The Morgan fingerprint density at radius 1 is 1.38 bits per heavy atom. The van der Waals surface area contributed by atoms with E-state index in [0.29, 0.717) is 19.4 Å². The van der Waals surface area contributed by atoms with E-state index in [9.17, 15) is 17.6 Å². The summed E-state index contributed by atoms with van der Waals surface area (Å²) < 4.78 is 43.5. The molecule has 1 aliphatic rings. The number of piperidine rings is 1. The maximum Gasteiger partial charge on any atom is 0.260 e. The van der Waals surface area contributed by atoms with E-state index >= 15 is 0 Å². The molecule has 0 N–H and O–H groups in total. The zero-order valence-corrected chi connectivity index (χ0v) is 14.9. The highest BCUT2D eigenvalue weighted by atomic mass is 32.2. The quantitative estimate of drug-likeness (QED) is 0.783. The van der Waals surface area contributed by atoms with Crippen LogP contribution in [0.2, 0.25) is 0 Å². The first-order chi connectivity index (χ1) is 11.3. The molecule has 0 aromatic heterocycles. The van der Waals surface area contributed by atoms with Crippen molar-refractivity contribution in [3.8, 4) is 5.75 Å². The van der Waals surface area contributed by atoms with Gasteiger partial charge in [0.2, 0.25) is 0 Å². The molecule has 0 aliphatic carbocycles. The number of sulfone groups is 1. The zero-order chi connectivity index (χ0) is 17.7. The lowest BCUT2D eigenvalue weighted by atomic mass is 10.1. The molecule has 1 atom stereocenters. The van der Waals surface area contributed by atoms with Gasteiger partial charge in [-0.2, -0.15) is 0 Å². The number of likely N-dealkylation sites (tertiary alicyclic amines) is 1. The Hall–Kier alpha value is -1.63. The summed E-state index contributed by atoms with van der Waals surface area (Å²) >= 11 is 0. The number of hydrogen-bond acceptors (Lipinski definition) is 4. The van der Waals surface area contributed by atoms with Gasteiger partial charge in [-0.3, -0.25) is 4.79 Å². The number of nitrogens with zero attached hydrogens (tertiary/aromatic N) is 1. The molecular weight excluding hydrogens is 333 g/mol. The number of hydrogen-bond donors (Lipinski definition) is 0. The van der Waals surface area contributed by atoms with Crippen molar-refractivity contribution in [2.45, 2.75) is 31.9 Å². The smallest absolute Gasteiger partial charge is 0.260 e. The number of amides is 1. The number of para-hydroxylation sites is 1. The van der Waals surface area contributed by atoms with Crippen LogP contribution in [0.4, 0.5) is 4.39 Å². The zero-order valence-electron chi connectivity index (χ0n) is 14.1. The van der Waals surface area contributed by atoms with Gasteiger partial charge < -0.3 is 9.64 Å². The average molecular weight is 357 g/mol. The molecule has 24 heavy (non-hydrogen) atoms. The third-order valence-corrected chi connectivity index (χ3v) is 6.52. The van der Waals surface area contributed by atoms with Crippen LogP contribution in [0.1, 0.15) is 26.7 Å². The molecule has 1 aromatic carbocycles. The fourth-order valence-corrected chi connectivity index (χ4v) is 4.99. The Balaban J connectivity index is 1.94. The second kappa shape index (κ2) is 7.96. The number of ether oxygens (including phenoxy) is 1. The van der Waals surface area contributed by atoms with E-state index < -0.39 is 20.9 Å². The maximum absolute atomic E-state index is 13.5. The summed E-state index contributed by atoms with van der Waals surface area (Å²) in [4.78, 5) is 13.8. The van der Waals surface area contributed by atoms with Crippen molar-refractivity contribution < 1.29 is 22.3 Å². The van der Waals surface area contributed by atoms with Crippen molar-refractivity contribution in [3.05, 3.63) is 30.1 Å². The van der Waals surface area contributed by atoms with Gasteiger partial charge in [-0.1, -0.05) is 26.0 Å². The molecule has 5 nitrogen and oxygen atoms in total. The van der Waals surface area contributed by atoms with Gasteiger partial charge in [0.05, 0.1) is 11.0 Å². The van der Waals surface area contributed by atoms with Crippen LogP contribution < -0.4 is 4.74 Å². The Morgan fingerprint density at radius 2 is 2.08 bits per heavy atom. The molecule has 1 saturated heterocycles. The lowest BCUT2D eigenvalue weighted by molar-refractivity contribution is -0.134. The lowest BCUT2D eigenvalue weighted by Crippen LogP contribution is -2.47. The minimum absolute atomic E-state index is 0.0202. The molecular formula is C17H24FNO4S. The van der Waals surface area contributed by atoms with Crippen LogP contribution in [0.15, 0.2) is 24.3 Å². The van der Waals surface area contributed by atoms with E-state index in [4.69, 9.17) is 4.74 Å². The normalized spacial score (nSPS) is 18.7. The van der Waals surface area contributed by atoms with Crippen LogP contribution >= 0.6 is 0 Å². The van der Waals surface area contributed by atoms with E-state index in [0.717, 1.165) is 0 Å². The van der Waals surface area contributed by atoms with E-state index in [-0.39, 0.29) is 36.5 Å². The van der Waals surface area contributed by atoms with Gasteiger partial charge in [0.1, 0.15) is 0 Å². The molecule has 0 bridgehead atoms. The summed E-state index contributed by atoms with van der Waals surface area (Å²) in [5.74, 6) is -0.632. The summed E-state index contributed by atoms with van der Waals surface area (Å²) in [6.45, 7) is 4.14. The van der Waals surface area contributed by atoms with Crippen LogP contribution in [0.5, 0.6) is 5.75 Å². The third-order valence-electron chi connectivity index (χ3n) is 3.99. The van der Waals surface area contributed by atoms with Gasteiger partial charge in [0.15, 0.2) is 28.0 Å². The maximum atomic E-state index is 13.5. The predicted molar refractivity (Wildman–Crippen MR) is 90.1 cm³/mol. The minimum atomic E-state index is -3.22. The Bertz CT molecular complexity index is 675. The first kappa shape index (κ1) is 18.7. The molecule has 0 saturated carbocycles. The summed E-state index contributed by atoms with van der Waals surface area (Å²) in [6, 6.07) is 5.88. The fraction of sp³-hybridized carbons (Fsp3) is 0.588. The molecule has 0 spiro atoms. The van der Waals surface area contributed by atoms with Crippen LogP contribution in [-0.4, -0.2) is 49.9 Å². The van der Waals surface area contributed by atoms with Gasteiger partial charge in [0, 0.05) is 13.1 Å². The van der Waals surface area contributed by atoms with Crippen molar-refractivity contribution in [1.82, 2.24) is 4.90 Å². The number of halogens is 1. The number of carbonyl (C=O) groups is 1. The Morgan fingerprint density at radius 3 is 2.75 bits per heavy atom. The van der Waals surface area contributed by atoms with Crippen molar-refractivity contribution in [2.24, 2.45) is 5.92 Å². The van der Waals surface area contributed by atoms with Gasteiger partial charge in [-0.05, 0) is 30.9 Å². The summed E-state index contributed by atoms with van der Waals surface area (Å²) in [7, 11) is -3.22. The SMILES string of the molecule is CC(C)CS(=O)(=O)[C@@H]1CCCN(C(=O)COc2ccccc2F)C1. The molecule has 1 fully saturated rings. The van der Waals surface area contributed by atoms with Crippen LogP contribution in [0.3, 0.4) is 0 Å². The monoisotopic (exact) mass is 357 g/mol. The van der Waals surface area contributed by atoms with Crippen LogP contribution in [-0.2, 0) is 14.6 Å². The van der Waals surface area contributed by atoms with E-state index in [1.54, 1.807) is 12.1 Å². The third kappa shape index (κ3) is 4.93. The van der Waals surface area contributed by atoms with Gasteiger partial charge in [-0.25, -0.2) is 12.8 Å². The predicted octanol–water partition coefficient (Wildman–Crippen LogP) is 2.27. The number of carbonyl (C=O) groups excluding carboxylic acids is 1. The highest BCUT2D eigenvalue weighted by Gasteiger charge is 2.33. The molecule has 1 aromatic rings. The average Bonchev–Trinajstić information content (AvgIpc) is 2.53. The molecule has 1 heterocycles. The first-order valence-electron chi connectivity index (χ1n) is 8.16. The second-order valence-corrected chi connectivity index (χ2v) is 8.87. The molecule has 0 radical (unpaired) electrons. The van der Waals surface area contributed by atoms with Crippen LogP contribution in [0, 0.1) is 11.7 Å². The second-order valence-electron chi connectivity index (χ2n) is 6.55. The molecule has 7 heteroatoms. The molecule has 134 valence electrons. The van der Waals surface area contributed by atoms with Gasteiger partial charge in [-0.15, -0.1) is 0 Å². The van der Waals surface area contributed by atoms with Crippen molar-refractivity contribution in [3.63, 3.8) is 0 Å². The van der Waals surface area contributed by atoms with Gasteiger partial charge >= 0.3 is 0 Å². The van der Waals surface area contributed by atoms with Crippen molar-refractivity contribution in [1.29, 1.82) is 0 Å². The molecule has 1 amide bonds. The van der Waals surface area contributed by atoms with Gasteiger partial charge in [0.25, 0.3) is 5.91 Å².